The van der Waals surface area contributed by atoms with Crippen molar-refractivity contribution in [3.8, 4) is 11.5 Å². The molecule has 2 aromatic rings. The van der Waals surface area contributed by atoms with Crippen molar-refractivity contribution in [2.75, 3.05) is 26.8 Å². The van der Waals surface area contributed by atoms with Crippen LogP contribution in [0.25, 0.3) is 0 Å². The van der Waals surface area contributed by atoms with Crippen LogP contribution in [0.1, 0.15) is 19.4 Å². The SMILES string of the molecule is CCN(CC)S(=O)(=O)c1ccc(OCC(=O)NCc2ccc(OC)cc2)cc1. The second-order valence-corrected chi connectivity index (χ2v) is 7.91. The van der Waals surface area contributed by atoms with Crippen LogP contribution < -0.4 is 14.8 Å². The Balaban J connectivity index is 1.86. The van der Waals surface area contributed by atoms with Gasteiger partial charge < -0.3 is 14.8 Å². The standard InChI is InChI=1S/C20H26N2O5S/c1-4-22(5-2)28(24,25)19-12-10-18(11-13-19)27-15-20(23)21-14-16-6-8-17(26-3)9-7-16/h6-13H,4-5,14-15H2,1-3H3,(H,21,23). The molecule has 0 bridgehead atoms. The van der Waals surface area contributed by atoms with E-state index in [0.717, 1.165) is 11.3 Å². The predicted octanol–water partition coefficient (Wildman–Crippen LogP) is 2.42. The van der Waals surface area contributed by atoms with E-state index in [1.54, 1.807) is 33.1 Å². The van der Waals surface area contributed by atoms with Gasteiger partial charge in [0.25, 0.3) is 5.91 Å². The smallest absolute Gasteiger partial charge is 0.258 e. The lowest BCUT2D eigenvalue weighted by Crippen LogP contribution is -2.30. The summed E-state index contributed by atoms with van der Waals surface area (Å²) in [6.45, 7) is 4.63. The Morgan fingerprint density at radius 3 is 2.07 bits per heavy atom. The molecule has 8 heteroatoms. The number of hydrogen-bond acceptors (Lipinski definition) is 5. The van der Waals surface area contributed by atoms with Crippen LogP contribution in [0.5, 0.6) is 11.5 Å². The van der Waals surface area contributed by atoms with Gasteiger partial charge in [-0.05, 0) is 42.0 Å². The van der Waals surface area contributed by atoms with Crippen molar-refractivity contribution in [3.63, 3.8) is 0 Å². The van der Waals surface area contributed by atoms with Crippen molar-refractivity contribution in [3.05, 3.63) is 54.1 Å². The van der Waals surface area contributed by atoms with Crippen LogP contribution in [0.4, 0.5) is 0 Å². The van der Waals surface area contributed by atoms with Crippen molar-refractivity contribution in [1.29, 1.82) is 0 Å². The van der Waals surface area contributed by atoms with Crippen LogP contribution in [0.3, 0.4) is 0 Å². The molecule has 0 fully saturated rings. The Bertz CT molecular complexity index is 860. The fraction of sp³-hybridized carbons (Fsp3) is 0.350. The van der Waals surface area contributed by atoms with Gasteiger partial charge in [-0.2, -0.15) is 4.31 Å². The van der Waals surface area contributed by atoms with Gasteiger partial charge in [0.1, 0.15) is 11.5 Å². The molecule has 0 saturated heterocycles. The Kier molecular flexibility index (Phi) is 7.83. The second kappa shape index (κ2) is 10.1. The summed E-state index contributed by atoms with van der Waals surface area (Å²) >= 11 is 0. The first-order chi connectivity index (χ1) is 13.4. The zero-order chi connectivity index (χ0) is 20.6. The second-order valence-electron chi connectivity index (χ2n) is 5.97. The van der Waals surface area contributed by atoms with Gasteiger partial charge in [0.15, 0.2) is 6.61 Å². The van der Waals surface area contributed by atoms with E-state index in [9.17, 15) is 13.2 Å². The normalized spacial score (nSPS) is 11.3. The largest absolute Gasteiger partial charge is 0.497 e. The van der Waals surface area contributed by atoms with Gasteiger partial charge in [-0.3, -0.25) is 4.79 Å². The lowest BCUT2D eigenvalue weighted by atomic mass is 10.2. The molecule has 0 aromatic heterocycles. The number of amides is 1. The Hall–Kier alpha value is -2.58. The first-order valence-corrected chi connectivity index (χ1v) is 10.5. The van der Waals surface area contributed by atoms with Gasteiger partial charge in [-0.1, -0.05) is 26.0 Å². The minimum Gasteiger partial charge on any atom is -0.497 e. The molecule has 0 aliphatic heterocycles. The van der Waals surface area contributed by atoms with Crippen LogP contribution in [-0.2, 0) is 21.4 Å². The molecule has 0 heterocycles. The molecule has 152 valence electrons. The van der Waals surface area contributed by atoms with E-state index in [1.807, 2.05) is 24.3 Å². The average molecular weight is 407 g/mol. The van der Waals surface area contributed by atoms with Crippen LogP contribution in [0.15, 0.2) is 53.4 Å². The van der Waals surface area contributed by atoms with E-state index in [4.69, 9.17) is 9.47 Å². The topological polar surface area (TPSA) is 84.9 Å². The van der Waals surface area contributed by atoms with E-state index in [-0.39, 0.29) is 17.4 Å². The predicted molar refractivity (Wildman–Crippen MR) is 107 cm³/mol. The van der Waals surface area contributed by atoms with Gasteiger partial charge >= 0.3 is 0 Å². The molecule has 0 aliphatic rings. The van der Waals surface area contributed by atoms with Crippen molar-refractivity contribution >= 4 is 15.9 Å². The van der Waals surface area contributed by atoms with E-state index in [2.05, 4.69) is 5.32 Å². The highest BCUT2D eigenvalue weighted by molar-refractivity contribution is 7.89. The highest BCUT2D eigenvalue weighted by Gasteiger charge is 2.21. The third-order valence-corrected chi connectivity index (χ3v) is 6.25. The van der Waals surface area contributed by atoms with Crippen molar-refractivity contribution < 1.29 is 22.7 Å². The molecule has 0 spiro atoms. The van der Waals surface area contributed by atoms with Gasteiger partial charge in [0.2, 0.25) is 10.0 Å². The molecule has 1 amide bonds. The molecular formula is C20H26N2O5S. The number of nitrogens with zero attached hydrogens (tertiary/aromatic N) is 1. The summed E-state index contributed by atoms with van der Waals surface area (Å²) in [6, 6.07) is 13.5. The monoisotopic (exact) mass is 406 g/mol. The van der Waals surface area contributed by atoms with Gasteiger partial charge in [0, 0.05) is 19.6 Å². The highest BCUT2D eigenvalue weighted by Crippen LogP contribution is 2.19. The van der Waals surface area contributed by atoms with E-state index < -0.39 is 10.0 Å². The number of sulfonamides is 1. The lowest BCUT2D eigenvalue weighted by Gasteiger charge is -2.18. The fourth-order valence-electron chi connectivity index (χ4n) is 2.56. The van der Waals surface area contributed by atoms with Crippen LogP contribution in [-0.4, -0.2) is 45.4 Å². The number of rotatable bonds is 10. The summed E-state index contributed by atoms with van der Waals surface area (Å²) in [4.78, 5) is 12.1. The Labute approximate surface area is 166 Å². The molecule has 0 unspecified atom stereocenters. The van der Waals surface area contributed by atoms with Crippen molar-refractivity contribution in [1.82, 2.24) is 9.62 Å². The Morgan fingerprint density at radius 1 is 0.964 bits per heavy atom. The summed E-state index contributed by atoms with van der Waals surface area (Å²) in [7, 11) is -1.91. The van der Waals surface area contributed by atoms with Crippen molar-refractivity contribution in [2.45, 2.75) is 25.3 Å². The summed E-state index contributed by atoms with van der Waals surface area (Å²) in [6.07, 6.45) is 0. The minimum absolute atomic E-state index is 0.154. The minimum atomic E-state index is -3.50. The number of benzene rings is 2. The third kappa shape index (κ3) is 5.71. The number of carbonyl (C=O) groups is 1. The fourth-order valence-corrected chi connectivity index (χ4v) is 4.02. The first kappa shape index (κ1) is 21.7. The van der Waals surface area contributed by atoms with Crippen molar-refractivity contribution in [2.24, 2.45) is 0 Å². The molecule has 2 aromatic carbocycles. The third-order valence-electron chi connectivity index (χ3n) is 4.19. The van der Waals surface area contributed by atoms with Gasteiger partial charge in [0.05, 0.1) is 12.0 Å². The molecule has 1 N–H and O–H groups in total. The molecular weight excluding hydrogens is 380 g/mol. The zero-order valence-corrected chi connectivity index (χ0v) is 17.2. The number of hydrogen-bond donors (Lipinski definition) is 1. The summed E-state index contributed by atoms with van der Waals surface area (Å²) in [5.74, 6) is 0.915. The first-order valence-electron chi connectivity index (χ1n) is 9.03. The van der Waals surface area contributed by atoms with Crippen LogP contribution in [0.2, 0.25) is 0 Å². The lowest BCUT2D eigenvalue weighted by molar-refractivity contribution is -0.123. The maximum Gasteiger partial charge on any atom is 0.258 e. The maximum atomic E-state index is 12.4. The average Bonchev–Trinajstić information content (AvgIpc) is 2.72. The molecule has 2 rings (SSSR count). The molecule has 0 saturated carbocycles. The summed E-state index contributed by atoms with van der Waals surface area (Å²) in [5, 5.41) is 2.77. The molecule has 0 radical (unpaired) electrons. The Morgan fingerprint density at radius 2 is 1.54 bits per heavy atom. The molecule has 0 atom stereocenters. The number of carbonyl (C=O) groups excluding carboxylic acids is 1. The number of methoxy groups -OCH3 is 1. The molecule has 28 heavy (non-hydrogen) atoms. The zero-order valence-electron chi connectivity index (χ0n) is 16.3. The quantitative estimate of drug-likeness (QED) is 0.655. The van der Waals surface area contributed by atoms with E-state index >= 15 is 0 Å². The van der Waals surface area contributed by atoms with E-state index in [1.165, 1.54) is 16.4 Å². The summed E-state index contributed by atoms with van der Waals surface area (Å²) in [5.41, 5.74) is 0.945. The summed E-state index contributed by atoms with van der Waals surface area (Å²) < 4.78 is 36.8. The maximum absolute atomic E-state index is 12.4. The van der Waals surface area contributed by atoms with Crippen LogP contribution in [0, 0.1) is 0 Å². The van der Waals surface area contributed by atoms with Crippen LogP contribution >= 0.6 is 0 Å². The van der Waals surface area contributed by atoms with E-state index in [0.29, 0.717) is 25.4 Å². The number of nitrogens with one attached hydrogen (secondary N) is 1. The number of ether oxygens (including phenoxy) is 2. The van der Waals surface area contributed by atoms with Gasteiger partial charge in [-0.15, -0.1) is 0 Å². The van der Waals surface area contributed by atoms with Gasteiger partial charge in [-0.25, -0.2) is 8.42 Å². The molecule has 0 aliphatic carbocycles. The molecule has 7 nitrogen and oxygen atoms in total. The highest BCUT2D eigenvalue weighted by atomic mass is 32.2.